The van der Waals surface area contributed by atoms with E-state index in [1.54, 1.807) is 25.3 Å². The van der Waals surface area contributed by atoms with Crippen LogP contribution >= 0.6 is 12.4 Å². The molecule has 0 heterocycles. The number of carbonyl (C=O) groups is 2. The Bertz CT molecular complexity index is 550. The van der Waals surface area contributed by atoms with E-state index in [0.29, 0.717) is 37.6 Å². The van der Waals surface area contributed by atoms with Crippen molar-refractivity contribution in [1.82, 2.24) is 10.6 Å². The number of anilines is 1. The molecule has 6 nitrogen and oxygen atoms in total. The van der Waals surface area contributed by atoms with Crippen molar-refractivity contribution >= 4 is 29.9 Å². The quantitative estimate of drug-likeness (QED) is 0.552. The number of nitrogens with one attached hydrogen (secondary N) is 3. The van der Waals surface area contributed by atoms with Crippen molar-refractivity contribution < 1.29 is 14.3 Å². The van der Waals surface area contributed by atoms with Crippen LogP contribution in [0.15, 0.2) is 18.2 Å². The highest BCUT2D eigenvalue weighted by molar-refractivity contribution is 5.96. The fourth-order valence-corrected chi connectivity index (χ4v) is 2.18. The van der Waals surface area contributed by atoms with Gasteiger partial charge in [-0.3, -0.25) is 9.59 Å². The van der Waals surface area contributed by atoms with E-state index in [9.17, 15) is 9.59 Å². The maximum absolute atomic E-state index is 12.1. The molecule has 0 aliphatic carbocycles. The van der Waals surface area contributed by atoms with Crippen LogP contribution in [0.3, 0.4) is 0 Å². The van der Waals surface area contributed by atoms with E-state index in [2.05, 4.69) is 16.0 Å². The van der Waals surface area contributed by atoms with Gasteiger partial charge in [0, 0.05) is 44.4 Å². The van der Waals surface area contributed by atoms with Gasteiger partial charge in [-0.25, -0.2) is 0 Å². The lowest BCUT2D eigenvalue weighted by molar-refractivity contribution is -0.116. The SMILES string of the molecule is COCCNCCNC(=O)c1ccc(NC(=O)CC(C)C)c(C)c1.Cl. The molecule has 3 N–H and O–H groups in total. The summed E-state index contributed by atoms with van der Waals surface area (Å²) >= 11 is 0. The summed E-state index contributed by atoms with van der Waals surface area (Å²) in [6.07, 6.45) is 0.484. The van der Waals surface area contributed by atoms with Gasteiger partial charge in [0.1, 0.15) is 0 Å². The first-order valence-corrected chi connectivity index (χ1v) is 8.32. The van der Waals surface area contributed by atoms with Gasteiger partial charge < -0.3 is 20.7 Å². The molecule has 1 aromatic carbocycles. The zero-order valence-electron chi connectivity index (χ0n) is 15.5. The lowest BCUT2D eigenvalue weighted by Gasteiger charge is -2.12. The van der Waals surface area contributed by atoms with Crippen LogP contribution in [-0.2, 0) is 9.53 Å². The smallest absolute Gasteiger partial charge is 0.251 e. The van der Waals surface area contributed by atoms with Gasteiger partial charge in [0.15, 0.2) is 0 Å². The van der Waals surface area contributed by atoms with Gasteiger partial charge in [0.25, 0.3) is 5.91 Å². The lowest BCUT2D eigenvalue weighted by atomic mass is 10.1. The number of carbonyl (C=O) groups excluding carboxylic acids is 2. The largest absolute Gasteiger partial charge is 0.383 e. The lowest BCUT2D eigenvalue weighted by Crippen LogP contribution is -2.33. The van der Waals surface area contributed by atoms with Crippen LogP contribution in [0.4, 0.5) is 5.69 Å². The molecule has 0 aromatic heterocycles. The van der Waals surface area contributed by atoms with Gasteiger partial charge in [0.2, 0.25) is 5.91 Å². The molecule has 0 aliphatic heterocycles. The van der Waals surface area contributed by atoms with Gasteiger partial charge in [-0.05, 0) is 36.6 Å². The number of halogens is 1. The van der Waals surface area contributed by atoms with Crippen molar-refractivity contribution in [3.05, 3.63) is 29.3 Å². The molecule has 0 bridgehead atoms. The first kappa shape index (κ1) is 23.4. The molecule has 2 amide bonds. The molecule has 0 saturated heterocycles. The highest BCUT2D eigenvalue weighted by Crippen LogP contribution is 2.17. The first-order chi connectivity index (χ1) is 11.4. The number of hydrogen-bond acceptors (Lipinski definition) is 4. The van der Waals surface area contributed by atoms with Gasteiger partial charge >= 0.3 is 0 Å². The number of aryl methyl sites for hydroxylation is 1. The minimum atomic E-state index is -0.119. The maximum Gasteiger partial charge on any atom is 0.251 e. The van der Waals surface area contributed by atoms with Crippen molar-refractivity contribution in [3.63, 3.8) is 0 Å². The van der Waals surface area contributed by atoms with Crippen LogP contribution in [0.1, 0.15) is 36.2 Å². The molecule has 0 radical (unpaired) electrons. The third-order valence-corrected chi connectivity index (χ3v) is 3.43. The third kappa shape index (κ3) is 9.43. The van der Waals surface area contributed by atoms with Crippen molar-refractivity contribution in [3.8, 4) is 0 Å². The summed E-state index contributed by atoms with van der Waals surface area (Å²) in [6.45, 7) is 8.54. The zero-order chi connectivity index (χ0) is 17.9. The fourth-order valence-electron chi connectivity index (χ4n) is 2.18. The molecule has 1 aromatic rings. The monoisotopic (exact) mass is 371 g/mol. The Labute approximate surface area is 156 Å². The van der Waals surface area contributed by atoms with Crippen LogP contribution in [0.25, 0.3) is 0 Å². The van der Waals surface area contributed by atoms with Gasteiger partial charge in [-0.2, -0.15) is 0 Å². The van der Waals surface area contributed by atoms with Crippen molar-refractivity contribution in [2.45, 2.75) is 27.2 Å². The van der Waals surface area contributed by atoms with E-state index < -0.39 is 0 Å². The van der Waals surface area contributed by atoms with E-state index in [1.807, 2.05) is 20.8 Å². The minimum absolute atomic E-state index is 0. The number of hydrogen-bond donors (Lipinski definition) is 3. The van der Waals surface area contributed by atoms with Crippen LogP contribution in [0.2, 0.25) is 0 Å². The van der Waals surface area contributed by atoms with Crippen LogP contribution in [0.5, 0.6) is 0 Å². The summed E-state index contributed by atoms with van der Waals surface area (Å²) in [5.74, 6) is 0.187. The average molecular weight is 372 g/mol. The highest BCUT2D eigenvalue weighted by Gasteiger charge is 2.10. The number of benzene rings is 1. The predicted molar refractivity (Wildman–Crippen MR) is 104 cm³/mol. The van der Waals surface area contributed by atoms with E-state index in [-0.39, 0.29) is 24.2 Å². The van der Waals surface area contributed by atoms with E-state index in [1.165, 1.54) is 0 Å². The summed E-state index contributed by atoms with van der Waals surface area (Å²) < 4.78 is 4.93. The summed E-state index contributed by atoms with van der Waals surface area (Å²) in [5.41, 5.74) is 2.21. The Morgan fingerprint density at radius 2 is 1.88 bits per heavy atom. The van der Waals surface area contributed by atoms with Crippen molar-refractivity contribution in [2.75, 3.05) is 38.7 Å². The third-order valence-electron chi connectivity index (χ3n) is 3.43. The maximum atomic E-state index is 12.1. The zero-order valence-corrected chi connectivity index (χ0v) is 16.3. The summed E-state index contributed by atoms with van der Waals surface area (Å²) in [5, 5.41) is 8.91. The van der Waals surface area contributed by atoms with Crippen LogP contribution in [0, 0.1) is 12.8 Å². The number of amides is 2. The molecule has 0 saturated carbocycles. The summed E-state index contributed by atoms with van der Waals surface area (Å²) in [4.78, 5) is 24.0. The number of ether oxygens (including phenoxy) is 1. The first-order valence-electron chi connectivity index (χ1n) is 8.32. The van der Waals surface area contributed by atoms with Gasteiger partial charge in [-0.15, -0.1) is 12.4 Å². The molecule has 0 aliphatic rings. The standard InChI is InChI=1S/C18H29N3O3.ClH/c1-13(2)11-17(22)21-16-6-5-15(12-14(16)3)18(23)20-8-7-19-9-10-24-4;/h5-6,12-13,19H,7-11H2,1-4H3,(H,20,23)(H,21,22);1H. The van der Waals surface area contributed by atoms with Crippen LogP contribution in [-0.4, -0.2) is 45.2 Å². The highest BCUT2D eigenvalue weighted by atomic mass is 35.5. The Kier molecular flexibility index (Phi) is 11.9. The molecular formula is C18H30ClN3O3. The molecule has 25 heavy (non-hydrogen) atoms. The predicted octanol–water partition coefficient (Wildman–Crippen LogP) is 2.37. The second-order valence-corrected chi connectivity index (χ2v) is 6.17. The number of methoxy groups -OCH3 is 1. The van der Waals surface area contributed by atoms with Crippen LogP contribution < -0.4 is 16.0 Å². The van der Waals surface area contributed by atoms with Gasteiger partial charge in [0.05, 0.1) is 6.61 Å². The molecule has 0 spiro atoms. The van der Waals surface area contributed by atoms with E-state index >= 15 is 0 Å². The number of rotatable bonds is 10. The fraction of sp³-hybridized carbons (Fsp3) is 0.556. The molecule has 0 fully saturated rings. The van der Waals surface area contributed by atoms with E-state index in [4.69, 9.17) is 4.74 Å². The Balaban J connectivity index is 0.00000576. The van der Waals surface area contributed by atoms with Gasteiger partial charge in [-0.1, -0.05) is 13.8 Å². The second kappa shape index (κ2) is 12.7. The molecule has 1 rings (SSSR count). The Morgan fingerprint density at radius 3 is 2.48 bits per heavy atom. The topological polar surface area (TPSA) is 79.5 Å². The molecular weight excluding hydrogens is 342 g/mol. The van der Waals surface area contributed by atoms with Crippen molar-refractivity contribution in [2.24, 2.45) is 5.92 Å². The Hall–Kier alpha value is -1.63. The summed E-state index contributed by atoms with van der Waals surface area (Å²) in [6, 6.07) is 5.30. The molecule has 7 heteroatoms. The summed E-state index contributed by atoms with van der Waals surface area (Å²) in [7, 11) is 1.65. The minimum Gasteiger partial charge on any atom is -0.383 e. The molecule has 0 unspecified atom stereocenters. The Morgan fingerprint density at radius 1 is 1.16 bits per heavy atom. The molecule has 0 atom stereocenters. The molecule has 142 valence electrons. The normalized spacial score (nSPS) is 10.3. The second-order valence-electron chi connectivity index (χ2n) is 6.17. The average Bonchev–Trinajstić information content (AvgIpc) is 2.51. The van der Waals surface area contributed by atoms with E-state index in [0.717, 1.165) is 17.8 Å². The van der Waals surface area contributed by atoms with Crippen molar-refractivity contribution in [1.29, 1.82) is 0 Å².